The maximum Gasteiger partial charge on any atom is 0.0629 e. The average Bonchev–Trinajstić information content (AvgIpc) is 3.07. The third-order valence-corrected chi connectivity index (χ3v) is 8.02. The first kappa shape index (κ1) is 20.5. The number of rotatable bonds is 3. The van der Waals surface area contributed by atoms with Gasteiger partial charge in [-0.1, -0.05) is 78.9 Å². The van der Waals surface area contributed by atoms with Gasteiger partial charge in [0.15, 0.2) is 0 Å². The van der Waals surface area contributed by atoms with Crippen LogP contribution in [0.1, 0.15) is 35.4 Å². The van der Waals surface area contributed by atoms with Gasteiger partial charge in [0.1, 0.15) is 0 Å². The van der Waals surface area contributed by atoms with Gasteiger partial charge in [0.05, 0.1) is 17.9 Å². The molecule has 35 heavy (non-hydrogen) atoms. The van der Waals surface area contributed by atoms with Gasteiger partial charge in [-0.05, 0) is 82.4 Å². The van der Waals surface area contributed by atoms with Crippen LogP contribution in [-0.2, 0) is 6.42 Å². The van der Waals surface area contributed by atoms with Gasteiger partial charge in [-0.3, -0.25) is 4.98 Å². The molecule has 3 atom stereocenters. The van der Waals surface area contributed by atoms with E-state index in [4.69, 9.17) is 0 Å². The Labute approximate surface area is 207 Å². The third-order valence-electron chi connectivity index (χ3n) is 8.02. The molecule has 2 nitrogen and oxygen atoms in total. The quantitative estimate of drug-likeness (QED) is 0.411. The minimum absolute atomic E-state index is 0.264. The molecule has 0 amide bonds. The van der Waals surface area contributed by atoms with Gasteiger partial charge >= 0.3 is 0 Å². The van der Waals surface area contributed by atoms with Gasteiger partial charge in [0.25, 0.3) is 0 Å². The molecular weight excluding hydrogens is 424 g/mol. The summed E-state index contributed by atoms with van der Waals surface area (Å²) < 4.78 is 0. The highest BCUT2D eigenvalue weighted by Gasteiger charge is 2.39. The number of nitrogens with zero attached hydrogens (tertiary/aromatic N) is 2. The molecule has 0 saturated carbocycles. The molecule has 0 bridgehead atoms. The average molecular weight is 453 g/mol. The second-order valence-corrected chi connectivity index (χ2v) is 9.97. The molecule has 170 valence electrons. The van der Waals surface area contributed by atoms with Crippen molar-refractivity contribution in [3.63, 3.8) is 0 Å². The van der Waals surface area contributed by atoms with Gasteiger partial charge in [0.2, 0.25) is 0 Å². The second-order valence-electron chi connectivity index (χ2n) is 9.97. The standard InChI is InChI=1S/C33H28N2/c1-2-8-23(9-3-1)20-24-15-16-26-21-25-10-6-14-31-33(25)30(32(26)29-13-5-4-12-28(24)29)17-19-35(31)27-11-7-18-34-22-27/h1-14,17-19,21-22,24,31,33H,15-16,20H2. The van der Waals surface area contributed by atoms with Gasteiger partial charge in [-0.2, -0.15) is 0 Å². The zero-order chi connectivity index (χ0) is 23.2. The third kappa shape index (κ3) is 3.44. The Balaban J connectivity index is 1.37. The van der Waals surface area contributed by atoms with Crippen molar-refractivity contribution in [2.75, 3.05) is 4.90 Å². The van der Waals surface area contributed by atoms with E-state index in [0.29, 0.717) is 11.8 Å². The van der Waals surface area contributed by atoms with Crippen LogP contribution in [0.25, 0.3) is 5.57 Å². The molecule has 3 aliphatic carbocycles. The summed E-state index contributed by atoms with van der Waals surface area (Å²) in [6.07, 6.45) is 21.3. The van der Waals surface area contributed by atoms with Crippen LogP contribution in [0.4, 0.5) is 5.69 Å². The van der Waals surface area contributed by atoms with E-state index >= 15 is 0 Å². The number of hydrogen-bond donors (Lipinski definition) is 0. The smallest absolute Gasteiger partial charge is 0.0629 e. The maximum atomic E-state index is 4.38. The molecule has 0 fully saturated rings. The number of anilines is 1. The predicted molar refractivity (Wildman–Crippen MR) is 144 cm³/mol. The second kappa shape index (κ2) is 8.39. The fourth-order valence-corrected chi connectivity index (χ4v) is 6.48. The fraction of sp³-hybridized carbons (Fsp3) is 0.182. The van der Waals surface area contributed by atoms with Crippen molar-refractivity contribution in [2.24, 2.45) is 5.92 Å². The lowest BCUT2D eigenvalue weighted by Crippen LogP contribution is -2.42. The van der Waals surface area contributed by atoms with Crippen molar-refractivity contribution >= 4 is 11.3 Å². The van der Waals surface area contributed by atoms with Crippen molar-refractivity contribution in [1.82, 2.24) is 4.98 Å². The summed E-state index contributed by atoms with van der Waals surface area (Å²) >= 11 is 0. The lowest BCUT2D eigenvalue weighted by Gasteiger charge is -2.43. The molecule has 2 aromatic carbocycles. The molecule has 7 rings (SSSR count). The Bertz CT molecular complexity index is 1420. The van der Waals surface area contributed by atoms with Crippen molar-refractivity contribution in [1.29, 1.82) is 0 Å². The van der Waals surface area contributed by atoms with E-state index in [1.807, 2.05) is 18.5 Å². The van der Waals surface area contributed by atoms with Gasteiger partial charge < -0.3 is 4.90 Å². The molecule has 3 unspecified atom stereocenters. The SMILES string of the molecule is C1=CC2C3C(=C1)C=C1CCC(Cc4ccccc4)c4ccccc4C1=C3C=CN2c1cccnc1. The maximum absolute atomic E-state index is 4.38. The molecule has 0 N–H and O–H groups in total. The molecule has 2 heterocycles. The predicted octanol–water partition coefficient (Wildman–Crippen LogP) is 7.41. The van der Waals surface area contributed by atoms with E-state index < -0.39 is 0 Å². The van der Waals surface area contributed by atoms with Crippen LogP contribution >= 0.6 is 0 Å². The number of aromatic nitrogens is 1. The number of allylic oxidation sites excluding steroid dienone is 6. The lowest BCUT2D eigenvalue weighted by molar-refractivity contribution is 0.597. The number of benzene rings is 2. The van der Waals surface area contributed by atoms with Crippen molar-refractivity contribution in [3.05, 3.63) is 149 Å². The first-order chi connectivity index (χ1) is 17.4. The van der Waals surface area contributed by atoms with Crippen LogP contribution in [0.5, 0.6) is 0 Å². The zero-order valence-electron chi connectivity index (χ0n) is 19.7. The van der Waals surface area contributed by atoms with Crippen LogP contribution in [0.15, 0.2) is 132 Å². The molecule has 2 heteroatoms. The highest BCUT2D eigenvalue weighted by molar-refractivity contribution is 5.89. The lowest BCUT2D eigenvalue weighted by atomic mass is 9.70. The van der Waals surface area contributed by atoms with Gasteiger partial charge in [-0.15, -0.1) is 0 Å². The highest BCUT2D eigenvalue weighted by Crippen LogP contribution is 2.51. The summed E-state index contributed by atoms with van der Waals surface area (Å²) in [5, 5.41) is 0. The number of fused-ring (bicyclic) bond motifs is 3. The first-order valence-corrected chi connectivity index (χ1v) is 12.7. The summed E-state index contributed by atoms with van der Waals surface area (Å²) in [7, 11) is 0. The summed E-state index contributed by atoms with van der Waals surface area (Å²) in [6, 6.07) is 24.6. The zero-order valence-corrected chi connectivity index (χ0v) is 19.7. The Morgan fingerprint density at radius 3 is 2.71 bits per heavy atom. The Morgan fingerprint density at radius 2 is 1.83 bits per heavy atom. The van der Waals surface area contributed by atoms with Crippen molar-refractivity contribution in [3.8, 4) is 0 Å². The molecule has 0 spiro atoms. The number of hydrogen-bond acceptors (Lipinski definition) is 2. The molecule has 3 aromatic rings. The van der Waals surface area contributed by atoms with Crippen molar-refractivity contribution < 1.29 is 0 Å². The Kier molecular flexibility index (Phi) is 4.91. The Hall–Kier alpha value is -3.91. The molecular formula is C33H28N2. The van der Waals surface area contributed by atoms with Crippen LogP contribution in [0.2, 0.25) is 0 Å². The minimum Gasteiger partial charge on any atom is -0.339 e. The summed E-state index contributed by atoms with van der Waals surface area (Å²) in [5.41, 5.74) is 11.4. The Morgan fingerprint density at radius 1 is 0.943 bits per heavy atom. The highest BCUT2D eigenvalue weighted by atomic mass is 15.2. The van der Waals surface area contributed by atoms with Crippen LogP contribution in [0.3, 0.4) is 0 Å². The van der Waals surface area contributed by atoms with Crippen LogP contribution in [0, 0.1) is 5.92 Å². The fourth-order valence-electron chi connectivity index (χ4n) is 6.48. The topological polar surface area (TPSA) is 16.1 Å². The van der Waals surface area contributed by atoms with E-state index in [-0.39, 0.29) is 6.04 Å². The summed E-state index contributed by atoms with van der Waals surface area (Å²) in [5.74, 6) is 0.861. The molecule has 1 aromatic heterocycles. The molecule has 0 saturated heterocycles. The van der Waals surface area contributed by atoms with E-state index in [2.05, 4.69) is 107 Å². The van der Waals surface area contributed by atoms with E-state index in [9.17, 15) is 0 Å². The van der Waals surface area contributed by atoms with E-state index in [1.165, 1.54) is 45.4 Å². The van der Waals surface area contributed by atoms with Gasteiger partial charge in [-0.25, -0.2) is 0 Å². The van der Waals surface area contributed by atoms with Crippen LogP contribution < -0.4 is 4.90 Å². The minimum atomic E-state index is 0.264. The molecule has 1 aliphatic heterocycles. The molecule has 0 radical (unpaired) electrons. The molecule has 4 aliphatic rings. The number of pyridine rings is 1. The summed E-state index contributed by atoms with van der Waals surface area (Å²) in [6.45, 7) is 0. The van der Waals surface area contributed by atoms with Gasteiger partial charge in [0, 0.05) is 18.3 Å². The van der Waals surface area contributed by atoms with E-state index in [0.717, 1.165) is 18.5 Å². The monoisotopic (exact) mass is 452 g/mol. The summed E-state index contributed by atoms with van der Waals surface area (Å²) in [4.78, 5) is 6.76. The largest absolute Gasteiger partial charge is 0.339 e. The first-order valence-electron chi connectivity index (χ1n) is 12.7. The van der Waals surface area contributed by atoms with E-state index in [1.54, 1.807) is 0 Å². The normalized spacial score (nSPS) is 24.1. The van der Waals surface area contributed by atoms with Crippen LogP contribution in [-0.4, -0.2) is 11.0 Å². The van der Waals surface area contributed by atoms with Crippen molar-refractivity contribution in [2.45, 2.75) is 31.2 Å².